The van der Waals surface area contributed by atoms with E-state index in [1.807, 2.05) is 65.3 Å². The van der Waals surface area contributed by atoms with Gasteiger partial charge >= 0.3 is 0 Å². The van der Waals surface area contributed by atoms with E-state index in [0.717, 1.165) is 23.5 Å². The third-order valence-corrected chi connectivity index (χ3v) is 5.28. The lowest BCUT2D eigenvalue weighted by Gasteiger charge is -2.24. The topological polar surface area (TPSA) is 85.1 Å². The number of halogens is 1. The minimum absolute atomic E-state index is 0.290. The summed E-state index contributed by atoms with van der Waals surface area (Å²) >= 11 is 0. The van der Waals surface area contributed by atoms with E-state index < -0.39 is 0 Å². The van der Waals surface area contributed by atoms with Crippen LogP contribution in [0.4, 0.5) is 10.1 Å². The van der Waals surface area contributed by atoms with Crippen molar-refractivity contribution >= 4 is 22.9 Å². The molecule has 174 valence electrons. The van der Waals surface area contributed by atoms with Crippen LogP contribution < -0.4 is 15.4 Å². The summed E-state index contributed by atoms with van der Waals surface area (Å²) in [7, 11) is 5.55. The number of nitrogens with one attached hydrogen (secondary N) is 3. The maximum atomic E-state index is 13.9. The van der Waals surface area contributed by atoms with Gasteiger partial charge in [0.1, 0.15) is 23.4 Å². The summed E-state index contributed by atoms with van der Waals surface area (Å²) in [6, 6.07) is 14.1. The minimum atomic E-state index is -0.326. The average Bonchev–Trinajstić information content (AvgIpc) is 2.77. The second-order valence-electron chi connectivity index (χ2n) is 8.05. The zero-order valence-corrected chi connectivity index (χ0v) is 19.7. The fraction of sp³-hybridized carbons (Fsp3) is 0.320. The molecular formula is C25H31FN6O. The number of amidine groups is 1. The first-order valence-electron chi connectivity index (χ1n) is 10.8. The van der Waals surface area contributed by atoms with E-state index in [0.29, 0.717) is 35.0 Å². The predicted octanol–water partition coefficient (Wildman–Crippen LogP) is 4.61. The van der Waals surface area contributed by atoms with Crippen LogP contribution in [0.5, 0.6) is 5.75 Å². The molecule has 0 radical (unpaired) electrons. The van der Waals surface area contributed by atoms with Gasteiger partial charge in [-0.25, -0.2) is 4.39 Å². The molecule has 1 heterocycles. The summed E-state index contributed by atoms with van der Waals surface area (Å²) in [5.41, 5.74) is 3.97. The molecule has 0 spiro atoms. The van der Waals surface area contributed by atoms with Gasteiger partial charge in [-0.05, 0) is 57.3 Å². The van der Waals surface area contributed by atoms with Crippen molar-refractivity contribution in [2.75, 3.05) is 33.0 Å². The molecule has 1 aliphatic heterocycles. The highest BCUT2D eigenvalue weighted by molar-refractivity contribution is 6.53. The molecule has 2 aromatic carbocycles. The van der Waals surface area contributed by atoms with Crippen LogP contribution >= 0.6 is 0 Å². The molecule has 1 unspecified atom stereocenters. The van der Waals surface area contributed by atoms with Crippen molar-refractivity contribution in [3.63, 3.8) is 0 Å². The van der Waals surface area contributed by atoms with Gasteiger partial charge in [0, 0.05) is 31.8 Å². The fourth-order valence-electron chi connectivity index (χ4n) is 3.65. The third kappa shape index (κ3) is 5.84. The van der Waals surface area contributed by atoms with Crippen molar-refractivity contribution in [2.24, 2.45) is 10.2 Å². The smallest absolute Gasteiger partial charge is 0.176 e. The van der Waals surface area contributed by atoms with Crippen LogP contribution in [0.2, 0.25) is 0 Å². The molecule has 1 atom stereocenters. The normalized spacial score (nSPS) is 16.0. The number of para-hydroxylation sites is 2. The highest BCUT2D eigenvalue weighted by atomic mass is 19.1. The van der Waals surface area contributed by atoms with E-state index in [4.69, 9.17) is 10.1 Å². The quantitative estimate of drug-likeness (QED) is 0.548. The van der Waals surface area contributed by atoms with Crippen molar-refractivity contribution in [1.29, 1.82) is 5.41 Å². The molecule has 0 fully saturated rings. The zero-order chi connectivity index (χ0) is 24.0. The van der Waals surface area contributed by atoms with Gasteiger partial charge in [0.2, 0.25) is 0 Å². The van der Waals surface area contributed by atoms with Crippen LogP contribution in [0.15, 0.2) is 70.0 Å². The molecule has 33 heavy (non-hydrogen) atoms. The van der Waals surface area contributed by atoms with Gasteiger partial charge in [0.25, 0.3) is 0 Å². The van der Waals surface area contributed by atoms with Crippen LogP contribution in [-0.4, -0.2) is 49.8 Å². The van der Waals surface area contributed by atoms with Crippen LogP contribution in [0.25, 0.3) is 0 Å². The van der Waals surface area contributed by atoms with E-state index in [1.165, 1.54) is 12.1 Å². The molecular weight excluding hydrogens is 419 g/mol. The van der Waals surface area contributed by atoms with Crippen LogP contribution in [0.3, 0.4) is 0 Å². The molecule has 0 aromatic heterocycles. The summed E-state index contributed by atoms with van der Waals surface area (Å²) in [5, 5.41) is 23.5. The van der Waals surface area contributed by atoms with Crippen molar-refractivity contribution in [2.45, 2.75) is 26.4 Å². The highest BCUT2D eigenvalue weighted by Crippen LogP contribution is 2.32. The van der Waals surface area contributed by atoms with Crippen molar-refractivity contribution in [1.82, 2.24) is 10.2 Å². The van der Waals surface area contributed by atoms with Gasteiger partial charge in [-0.15, -0.1) is 5.10 Å². The summed E-state index contributed by atoms with van der Waals surface area (Å²) in [6.45, 7) is 4.47. The summed E-state index contributed by atoms with van der Waals surface area (Å²) < 4.78 is 20.3. The van der Waals surface area contributed by atoms with Crippen molar-refractivity contribution in [3.05, 3.63) is 71.2 Å². The lowest BCUT2D eigenvalue weighted by molar-refractivity contribution is 0.195. The van der Waals surface area contributed by atoms with E-state index >= 15 is 0 Å². The largest absolute Gasteiger partial charge is 0.484 e. The highest BCUT2D eigenvalue weighted by Gasteiger charge is 2.24. The first kappa shape index (κ1) is 24.1. The maximum Gasteiger partial charge on any atom is 0.176 e. The second-order valence-corrected chi connectivity index (χ2v) is 8.05. The minimum Gasteiger partial charge on any atom is -0.484 e. The molecule has 1 aliphatic rings. The summed E-state index contributed by atoms with van der Waals surface area (Å²) in [5.74, 6) is 0.849. The van der Waals surface area contributed by atoms with Gasteiger partial charge in [-0.3, -0.25) is 5.41 Å². The zero-order valence-electron chi connectivity index (χ0n) is 19.7. The summed E-state index contributed by atoms with van der Waals surface area (Å²) in [4.78, 5) is 1.77. The van der Waals surface area contributed by atoms with E-state index in [2.05, 4.69) is 20.8 Å². The molecule has 0 saturated heterocycles. The lowest BCUT2D eigenvalue weighted by atomic mass is 10.0. The molecule has 0 aliphatic carbocycles. The Kier molecular flexibility index (Phi) is 7.95. The Bertz CT molecular complexity index is 1110. The number of anilines is 1. The van der Waals surface area contributed by atoms with Gasteiger partial charge in [0.05, 0.1) is 11.4 Å². The number of rotatable bonds is 8. The SMILES string of the molecule is CNCCC(Oc1ccccc1N/C(C)=C1\C(=N)C(N(C)C)=NN=C1C)c1cccc(F)c1. The van der Waals surface area contributed by atoms with Crippen LogP contribution in [0, 0.1) is 11.2 Å². The van der Waals surface area contributed by atoms with Gasteiger partial charge in [-0.1, -0.05) is 24.3 Å². The van der Waals surface area contributed by atoms with E-state index in [9.17, 15) is 4.39 Å². The van der Waals surface area contributed by atoms with Crippen LogP contribution in [-0.2, 0) is 0 Å². The third-order valence-electron chi connectivity index (χ3n) is 5.28. The predicted molar refractivity (Wildman–Crippen MR) is 133 cm³/mol. The molecule has 3 N–H and O–H groups in total. The van der Waals surface area contributed by atoms with Crippen molar-refractivity contribution in [3.8, 4) is 5.75 Å². The standard InChI is InChI=1S/C25H31FN6O/c1-16(23-17(2)30-31-25(24(23)27)32(4)5)29-20-11-6-7-12-22(20)33-21(13-14-28-3)18-9-8-10-19(26)15-18/h6-12,15,21,27-29H,13-14H2,1-5H3/b23-16-,27-24?. The monoisotopic (exact) mass is 450 g/mol. The van der Waals surface area contributed by atoms with E-state index in [1.54, 1.807) is 11.0 Å². The number of nitrogens with zero attached hydrogens (tertiary/aromatic N) is 3. The number of allylic oxidation sites excluding steroid dienone is 1. The fourth-order valence-corrected chi connectivity index (χ4v) is 3.65. The molecule has 0 bridgehead atoms. The molecule has 2 aromatic rings. The molecule has 3 rings (SSSR count). The Hall–Kier alpha value is -3.52. The van der Waals surface area contributed by atoms with Gasteiger partial charge < -0.3 is 20.3 Å². The lowest BCUT2D eigenvalue weighted by Crippen LogP contribution is -2.35. The Balaban J connectivity index is 1.91. The van der Waals surface area contributed by atoms with Gasteiger partial charge in [-0.2, -0.15) is 5.10 Å². The van der Waals surface area contributed by atoms with Gasteiger partial charge in [0.15, 0.2) is 5.84 Å². The molecule has 0 saturated carbocycles. The van der Waals surface area contributed by atoms with Crippen molar-refractivity contribution < 1.29 is 9.13 Å². The molecule has 7 nitrogen and oxygen atoms in total. The second kappa shape index (κ2) is 10.9. The Morgan fingerprint density at radius 3 is 2.61 bits per heavy atom. The number of ether oxygens (including phenoxy) is 1. The first-order valence-corrected chi connectivity index (χ1v) is 10.8. The number of hydrogen-bond donors (Lipinski definition) is 3. The van der Waals surface area contributed by atoms with E-state index in [-0.39, 0.29) is 11.9 Å². The average molecular weight is 451 g/mol. The molecule has 8 heteroatoms. The Labute approximate surface area is 194 Å². The Morgan fingerprint density at radius 1 is 1.15 bits per heavy atom. The molecule has 0 amide bonds. The first-order chi connectivity index (χ1) is 15.8. The summed E-state index contributed by atoms with van der Waals surface area (Å²) in [6.07, 6.45) is 0.348. The maximum absolute atomic E-state index is 13.9. The number of benzene rings is 2. The van der Waals surface area contributed by atoms with Crippen LogP contribution in [0.1, 0.15) is 31.9 Å². The number of hydrogen-bond acceptors (Lipinski definition) is 7. The Morgan fingerprint density at radius 2 is 1.91 bits per heavy atom.